The lowest BCUT2D eigenvalue weighted by Gasteiger charge is -2.30. The summed E-state index contributed by atoms with van der Waals surface area (Å²) in [7, 11) is 0. The lowest BCUT2D eigenvalue weighted by Crippen LogP contribution is -2.38. The molecule has 1 saturated heterocycles. The Bertz CT molecular complexity index is 662. The van der Waals surface area contributed by atoms with Crippen LogP contribution in [0.25, 0.3) is 10.1 Å². The minimum absolute atomic E-state index is 0.106. The van der Waals surface area contributed by atoms with E-state index >= 15 is 0 Å². The van der Waals surface area contributed by atoms with Gasteiger partial charge in [0.25, 0.3) is 5.91 Å². The number of nitrogen functional groups attached to an aromatic ring is 1. The summed E-state index contributed by atoms with van der Waals surface area (Å²) in [4.78, 5) is 15.4. The van der Waals surface area contributed by atoms with Crippen LogP contribution in [0.4, 0.5) is 5.69 Å². The van der Waals surface area contributed by atoms with E-state index in [2.05, 4.69) is 19.9 Å². The van der Waals surface area contributed by atoms with Gasteiger partial charge in [0.15, 0.2) is 0 Å². The topological polar surface area (TPSA) is 46.3 Å². The summed E-state index contributed by atoms with van der Waals surface area (Å²) in [5.74, 6) is 0.694. The predicted molar refractivity (Wildman–Crippen MR) is 85.3 cm³/mol. The predicted octanol–water partition coefficient (Wildman–Crippen LogP) is 3.66. The molecule has 1 aliphatic rings. The second-order valence-corrected chi connectivity index (χ2v) is 6.82. The molecule has 3 rings (SSSR count). The first kappa shape index (κ1) is 13.4. The number of aryl methyl sites for hydroxylation is 1. The first-order valence-electron chi connectivity index (χ1n) is 7.14. The third-order valence-corrected chi connectivity index (χ3v) is 5.43. The average Bonchev–Trinajstić information content (AvgIpc) is 2.77. The highest BCUT2D eigenvalue weighted by Crippen LogP contribution is 2.36. The Morgan fingerprint density at radius 3 is 2.95 bits per heavy atom. The number of likely N-dealkylation sites (tertiary alicyclic amines) is 1. The molecule has 0 aliphatic carbocycles. The summed E-state index contributed by atoms with van der Waals surface area (Å²) in [6.45, 7) is 5.98. The Morgan fingerprint density at radius 1 is 1.45 bits per heavy atom. The smallest absolute Gasteiger partial charge is 0.266 e. The van der Waals surface area contributed by atoms with Crippen LogP contribution in [-0.4, -0.2) is 23.9 Å². The SMILES string of the molecule is Cc1cccc2c(N)c(C(=O)N3CCCC(C)C3)sc12. The molecule has 2 aromatic rings. The van der Waals surface area contributed by atoms with Crippen LogP contribution < -0.4 is 5.73 Å². The highest BCUT2D eigenvalue weighted by Gasteiger charge is 2.25. The Morgan fingerprint density at radius 2 is 2.25 bits per heavy atom. The van der Waals surface area contributed by atoms with E-state index in [0.29, 0.717) is 16.5 Å². The van der Waals surface area contributed by atoms with Crippen LogP contribution in [0.3, 0.4) is 0 Å². The summed E-state index contributed by atoms with van der Waals surface area (Å²) < 4.78 is 1.14. The van der Waals surface area contributed by atoms with Crippen LogP contribution in [0, 0.1) is 12.8 Å². The number of hydrogen-bond donors (Lipinski definition) is 1. The Hall–Kier alpha value is -1.55. The fourth-order valence-corrected chi connectivity index (χ4v) is 4.11. The van der Waals surface area contributed by atoms with Gasteiger partial charge in [-0.25, -0.2) is 0 Å². The maximum atomic E-state index is 12.7. The number of carbonyl (C=O) groups excluding carboxylic acids is 1. The number of hydrogen-bond acceptors (Lipinski definition) is 3. The normalized spacial score (nSPS) is 19.5. The molecule has 106 valence electrons. The highest BCUT2D eigenvalue weighted by molar-refractivity contribution is 7.21. The molecule has 1 aromatic heterocycles. The van der Waals surface area contributed by atoms with Gasteiger partial charge in [-0.1, -0.05) is 25.1 Å². The van der Waals surface area contributed by atoms with Crippen molar-refractivity contribution in [1.29, 1.82) is 0 Å². The fourth-order valence-electron chi connectivity index (χ4n) is 2.96. The van der Waals surface area contributed by atoms with Crippen LogP contribution in [0.5, 0.6) is 0 Å². The van der Waals surface area contributed by atoms with Crippen molar-refractivity contribution in [2.75, 3.05) is 18.8 Å². The number of anilines is 1. The number of fused-ring (bicyclic) bond motifs is 1. The molecule has 1 aliphatic heterocycles. The van der Waals surface area contributed by atoms with Crippen LogP contribution in [0.2, 0.25) is 0 Å². The van der Waals surface area contributed by atoms with Gasteiger partial charge in [-0.2, -0.15) is 0 Å². The van der Waals surface area contributed by atoms with Crippen LogP contribution in [0.15, 0.2) is 18.2 Å². The van der Waals surface area contributed by atoms with Crippen molar-refractivity contribution < 1.29 is 4.79 Å². The molecule has 1 fully saturated rings. The number of carbonyl (C=O) groups is 1. The molecule has 2 heterocycles. The van der Waals surface area contributed by atoms with Crippen LogP contribution in [0.1, 0.15) is 35.0 Å². The molecule has 1 aromatic carbocycles. The summed E-state index contributed by atoms with van der Waals surface area (Å²) in [6, 6.07) is 6.07. The van der Waals surface area contributed by atoms with Crippen LogP contribution in [-0.2, 0) is 0 Å². The Labute approximate surface area is 123 Å². The number of thiophene rings is 1. The summed E-state index contributed by atoms with van der Waals surface area (Å²) in [6.07, 6.45) is 2.31. The molecule has 0 saturated carbocycles. The molecule has 0 radical (unpaired) electrons. The number of nitrogens with two attached hydrogens (primary N) is 1. The van der Waals surface area contributed by atoms with Gasteiger partial charge in [0.1, 0.15) is 4.88 Å². The molecule has 4 heteroatoms. The van der Waals surface area contributed by atoms with Gasteiger partial charge in [0.2, 0.25) is 0 Å². The molecule has 0 spiro atoms. The molecule has 20 heavy (non-hydrogen) atoms. The van der Waals surface area contributed by atoms with E-state index in [-0.39, 0.29) is 5.91 Å². The van der Waals surface area contributed by atoms with Gasteiger partial charge in [-0.3, -0.25) is 4.79 Å². The molecule has 1 atom stereocenters. The van der Waals surface area contributed by atoms with E-state index in [1.807, 2.05) is 17.0 Å². The first-order valence-corrected chi connectivity index (χ1v) is 7.96. The lowest BCUT2D eigenvalue weighted by atomic mass is 10.00. The van der Waals surface area contributed by atoms with Crippen molar-refractivity contribution >= 4 is 33.0 Å². The van der Waals surface area contributed by atoms with Gasteiger partial charge >= 0.3 is 0 Å². The third kappa shape index (κ3) is 2.18. The second kappa shape index (κ2) is 5.09. The number of nitrogens with zero attached hydrogens (tertiary/aromatic N) is 1. The number of amides is 1. The zero-order chi connectivity index (χ0) is 14.3. The molecule has 3 nitrogen and oxygen atoms in total. The Balaban J connectivity index is 1.99. The van der Waals surface area contributed by atoms with Gasteiger partial charge in [-0.05, 0) is 31.2 Å². The second-order valence-electron chi connectivity index (χ2n) is 5.80. The quantitative estimate of drug-likeness (QED) is 0.870. The van der Waals surface area contributed by atoms with Crippen molar-refractivity contribution in [2.24, 2.45) is 5.92 Å². The zero-order valence-corrected chi connectivity index (χ0v) is 12.8. The maximum Gasteiger partial charge on any atom is 0.266 e. The standard InChI is InChI=1S/C16H20N2OS/c1-10-5-4-8-18(9-10)16(19)15-13(17)12-7-3-6-11(2)14(12)20-15/h3,6-7,10H,4-5,8-9,17H2,1-2H3. The maximum absolute atomic E-state index is 12.7. The van der Waals surface area contributed by atoms with Crippen molar-refractivity contribution in [3.05, 3.63) is 28.6 Å². The monoisotopic (exact) mass is 288 g/mol. The number of piperidine rings is 1. The van der Waals surface area contributed by atoms with E-state index in [1.165, 1.54) is 23.3 Å². The highest BCUT2D eigenvalue weighted by atomic mass is 32.1. The molecule has 1 unspecified atom stereocenters. The molecule has 1 amide bonds. The van der Waals surface area contributed by atoms with Gasteiger partial charge in [0, 0.05) is 23.2 Å². The van der Waals surface area contributed by atoms with E-state index < -0.39 is 0 Å². The number of benzene rings is 1. The van der Waals surface area contributed by atoms with Crippen LogP contribution >= 0.6 is 11.3 Å². The van der Waals surface area contributed by atoms with Gasteiger partial charge in [-0.15, -0.1) is 11.3 Å². The summed E-state index contributed by atoms with van der Waals surface area (Å²) in [5, 5.41) is 1.02. The zero-order valence-electron chi connectivity index (χ0n) is 12.0. The van der Waals surface area contributed by atoms with Gasteiger partial charge < -0.3 is 10.6 Å². The van der Waals surface area contributed by atoms with Crippen molar-refractivity contribution in [3.63, 3.8) is 0 Å². The van der Waals surface area contributed by atoms with E-state index in [0.717, 1.165) is 29.6 Å². The molecule has 0 bridgehead atoms. The first-order chi connectivity index (χ1) is 9.58. The number of rotatable bonds is 1. The third-order valence-electron chi connectivity index (χ3n) is 4.09. The molecular formula is C16H20N2OS. The average molecular weight is 288 g/mol. The molecular weight excluding hydrogens is 268 g/mol. The van der Waals surface area contributed by atoms with E-state index in [9.17, 15) is 4.79 Å². The van der Waals surface area contributed by atoms with Crippen molar-refractivity contribution in [2.45, 2.75) is 26.7 Å². The summed E-state index contributed by atoms with van der Waals surface area (Å²) in [5.41, 5.74) is 8.05. The lowest BCUT2D eigenvalue weighted by molar-refractivity contribution is 0.0689. The fraction of sp³-hybridized carbons (Fsp3) is 0.438. The van der Waals surface area contributed by atoms with E-state index in [1.54, 1.807) is 0 Å². The summed E-state index contributed by atoms with van der Waals surface area (Å²) >= 11 is 1.54. The minimum atomic E-state index is 0.106. The Kier molecular flexibility index (Phi) is 3.42. The largest absolute Gasteiger partial charge is 0.397 e. The van der Waals surface area contributed by atoms with Crippen molar-refractivity contribution in [1.82, 2.24) is 4.90 Å². The molecule has 2 N–H and O–H groups in total. The minimum Gasteiger partial charge on any atom is -0.397 e. The van der Waals surface area contributed by atoms with Crippen molar-refractivity contribution in [3.8, 4) is 0 Å². The van der Waals surface area contributed by atoms with E-state index in [4.69, 9.17) is 5.73 Å². The van der Waals surface area contributed by atoms with Gasteiger partial charge in [0.05, 0.1) is 5.69 Å².